The van der Waals surface area contributed by atoms with Gasteiger partial charge in [0, 0.05) is 0 Å². The molecule has 0 amide bonds. The molecule has 0 aliphatic carbocycles. The lowest BCUT2D eigenvalue weighted by atomic mass is 10.2. The van der Waals surface area contributed by atoms with E-state index < -0.39 is 5.97 Å². The van der Waals surface area contributed by atoms with Crippen molar-refractivity contribution in [2.45, 2.75) is 0 Å². The summed E-state index contributed by atoms with van der Waals surface area (Å²) >= 11 is 6.22. The van der Waals surface area contributed by atoms with Crippen molar-refractivity contribution in [2.75, 3.05) is 14.2 Å². The molecule has 0 saturated carbocycles. The molecule has 22 heavy (non-hydrogen) atoms. The lowest BCUT2D eigenvalue weighted by Crippen LogP contribution is -2.00. The molecule has 0 unspecified atom stereocenters. The van der Waals surface area contributed by atoms with Gasteiger partial charge in [-0.15, -0.1) is 0 Å². The van der Waals surface area contributed by atoms with Crippen molar-refractivity contribution in [3.05, 3.63) is 47.0 Å². The molecule has 112 valence electrons. The molecule has 0 saturated heterocycles. The Balaban J connectivity index is 2.07. The number of halogens is 1. The molecule has 0 aliphatic heterocycles. The zero-order chi connectivity index (χ0) is 15.7. The van der Waals surface area contributed by atoms with E-state index in [2.05, 4.69) is 9.72 Å². The molecule has 0 N–H and O–H groups in total. The summed E-state index contributed by atoms with van der Waals surface area (Å²) in [6, 6.07) is 10.2. The van der Waals surface area contributed by atoms with Gasteiger partial charge in [-0.3, -0.25) is 0 Å². The van der Waals surface area contributed by atoms with Gasteiger partial charge >= 0.3 is 5.97 Å². The van der Waals surface area contributed by atoms with Gasteiger partial charge in [-0.2, -0.15) is 0 Å². The summed E-state index contributed by atoms with van der Waals surface area (Å²) in [6.45, 7) is 0. The lowest BCUT2D eigenvalue weighted by molar-refractivity contribution is 0.0601. The van der Waals surface area contributed by atoms with Gasteiger partial charge in [0.2, 0.25) is 5.89 Å². The second kappa shape index (κ2) is 5.69. The molecule has 3 aromatic rings. The van der Waals surface area contributed by atoms with E-state index in [0.717, 1.165) is 0 Å². The number of aromatic nitrogens is 1. The molecule has 1 aromatic heterocycles. The molecule has 5 nitrogen and oxygen atoms in total. The van der Waals surface area contributed by atoms with E-state index >= 15 is 0 Å². The maximum Gasteiger partial charge on any atom is 0.337 e. The maximum absolute atomic E-state index is 11.5. The molecular weight excluding hydrogens is 306 g/mol. The van der Waals surface area contributed by atoms with E-state index in [1.807, 2.05) is 0 Å². The number of hydrogen-bond donors (Lipinski definition) is 0. The standard InChI is InChI=1S/C16H12ClNO4/c1-20-10-4-5-11(12(17)8-10)15-18-13-6-3-9(16(19)21-2)7-14(13)22-15/h3-8H,1-2H3. The van der Waals surface area contributed by atoms with Gasteiger partial charge in [-0.25, -0.2) is 9.78 Å². The van der Waals surface area contributed by atoms with Crippen molar-refractivity contribution in [1.29, 1.82) is 0 Å². The smallest absolute Gasteiger partial charge is 0.337 e. The SMILES string of the molecule is COC(=O)c1ccc2nc(-c3ccc(OC)cc3Cl)oc2c1. The quantitative estimate of drug-likeness (QED) is 0.685. The molecule has 0 atom stereocenters. The largest absolute Gasteiger partial charge is 0.497 e. The highest BCUT2D eigenvalue weighted by Gasteiger charge is 2.14. The molecule has 0 bridgehead atoms. The van der Waals surface area contributed by atoms with Crippen LogP contribution in [0, 0.1) is 0 Å². The average molecular weight is 318 g/mol. The van der Waals surface area contributed by atoms with Crippen LogP contribution < -0.4 is 4.74 Å². The van der Waals surface area contributed by atoms with Crippen LogP contribution in [0.15, 0.2) is 40.8 Å². The van der Waals surface area contributed by atoms with Gasteiger partial charge in [0.1, 0.15) is 11.3 Å². The number of oxazole rings is 1. The van der Waals surface area contributed by atoms with E-state index in [0.29, 0.717) is 38.9 Å². The third kappa shape index (κ3) is 2.51. The van der Waals surface area contributed by atoms with Crippen LogP contribution in [-0.2, 0) is 4.74 Å². The molecule has 2 aromatic carbocycles. The van der Waals surface area contributed by atoms with Crippen molar-refractivity contribution in [3.63, 3.8) is 0 Å². The Morgan fingerprint density at radius 1 is 1.18 bits per heavy atom. The number of fused-ring (bicyclic) bond motifs is 1. The second-order valence-electron chi connectivity index (χ2n) is 4.54. The van der Waals surface area contributed by atoms with Crippen LogP contribution in [0.5, 0.6) is 5.75 Å². The van der Waals surface area contributed by atoms with Crippen LogP contribution in [0.25, 0.3) is 22.6 Å². The first kappa shape index (κ1) is 14.4. The molecule has 0 radical (unpaired) electrons. The third-order valence-electron chi connectivity index (χ3n) is 3.22. The number of benzene rings is 2. The lowest BCUT2D eigenvalue weighted by Gasteiger charge is -2.02. The van der Waals surface area contributed by atoms with Gasteiger partial charge in [0.15, 0.2) is 5.58 Å². The highest BCUT2D eigenvalue weighted by molar-refractivity contribution is 6.33. The van der Waals surface area contributed by atoms with Crippen molar-refractivity contribution in [3.8, 4) is 17.2 Å². The highest BCUT2D eigenvalue weighted by Crippen LogP contribution is 2.32. The number of nitrogens with zero attached hydrogens (tertiary/aromatic N) is 1. The number of methoxy groups -OCH3 is 2. The fourth-order valence-corrected chi connectivity index (χ4v) is 2.33. The van der Waals surface area contributed by atoms with E-state index in [1.54, 1.807) is 43.5 Å². The Kier molecular flexibility index (Phi) is 3.73. The fraction of sp³-hybridized carbons (Fsp3) is 0.125. The molecule has 0 spiro atoms. The number of esters is 1. The summed E-state index contributed by atoms with van der Waals surface area (Å²) in [6.07, 6.45) is 0. The second-order valence-corrected chi connectivity index (χ2v) is 4.95. The molecule has 6 heteroatoms. The summed E-state index contributed by atoms with van der Waals surface area (Å²) in [5.41, 5.74) is 2.18. The topological polar surface area (TPSA) is 61.6 Å². The van der Waals surface area contributed by atoms with Gasteiger partial charge in [0.05, 0.1) is 30.4 Å². The van der Waals surface area contributed by atoms with Gasteiger partial charge in [0.25, 0.3) is 0 Å². The first-order chi connectivity index (χ1) is 10.6. The van der Waals surface area contributed by atoms with E-state index in [9.17, 15) is 4.79 Å². The minimum Gasteiger partial charge on any atom is -0.497 e. The molecule has 0 aliphatic rings. The molecule has 1 heterocycles. The van der Waals surface area contributed by atoms with Crippen molar-refractivity contribution in [1.82, 2.24) is 4.98 Å². The van der Waals surface area contributed by atoms with Crippen molar-refractivity contribution in [2.24, 2.45) is 0 Å². The number of hydrogen-bond acceptors (Lipinski definition) is 5. The number of carbonyl (C=O) groups is 1. The summed E-state index contributed by atoms with van der Waals surface area (Å²) in [4.78, 5) is 15.9. The Bertz CT molecular complexity index is 856. The Morgan fingerprint density at radius 2 is 2.00 bits per heavy atom. The van der Waals surface area contributed by atoms with Crippen LogP contribution in [0.1, 0.15) is 10.4 Å². The minimum absolute atomic E-state index is 0.379. The zero-order valence-corrected chi connectivity index (χ0v) is 12.7. The number of carbonyl (C=O) groups excluding carboxylic acids is 1. The van der Waals surface area contributed by atoms with Gasteiger partial charge in [-0.1, -0.05) is 11.6 Å². The van der Waals surface area contributed by atoms with Crippen molar-refractivity contribution < 1.29 is 18.7 Å². The molecule has 3 rings (SSSR count). The zero-order valence-electron chi connectivity index (χ0n) is 11.9. The van der Waals surface area contributed by atoms with E-state index in [4.69, 9.17) is 20.8 Å². The van der Waals surface area contributed by atoms with Crippen LogP contribution in [-0.4, -0.2) is 25.2 Å². The maximum atomic E-state index is 11.5. The predicted molar refractivity (Wildman–Crippen MR) is 82.3 cm³/mol. The van der Waals surface area contributed by atoms with Crippen molar-refractivity contribution >= 4 is 28.7 Å². The Labute approximate surface area is 131 Å². The highest BCUT2D eigenvalue weighted by atomic mass is 35.5. The summed E-state index contributed by atoms with van der Waals surface area (Å²) in [7, 11) is 2.90. The van der Waals surface area contributed by atoms with Crippen LogP contribution >= 0.6 is 11.6 Å². The predicted octanol–water partition coefficient (Wildman–Crippen LogP) is 3.94. The fourth-order valence-electron chi connectivity index (χ4n) is 2.08. The summed E-state index contributed by atoms with van der Waals surface area (Å²) < 4.78 is 15.5. The Morgan fingerprint density at radius 3 is 2.68 bits per heavy atom. The van der Waals surface area contributed by atoms with Gasteiger partial charge in [-0.05, 0) is 36.4 Å². The van der Waals surface area contributed by atoms with E-state index in [1.165, 1.54) is 7.11 Å². The van der Waals surface area contributed by atoms with Crippen LogP contribution in [0.2, 0.25) is 5.02 Å². The molecule has 0 fully saturated rings. The Hall–Kier alpha value is -2.53. The van der Waals surface area contributed by atoms with E-state index in [-0.39, 0.29) is 0 Å². The monoisotopic (exact) mass is 317 g/mol. The number of rotatable bonds is 3. The first-order valence-corrected chi connectivity index (χ1v) is 6.83. The normalized spacial score (nSPS) is 10.7. The number of ether oxygens (including phenoxy) is 2. The minimum atomic E-state index is -0.428. The van der Waals surface area contributed by atoms with Gasteiger partial charge < -0.3 is 13.9 Å². The van der Waals surface area contributed by atoms with Crippen LogP contribution in [0.4, 0.5) is 0 Å². The van der Waals surface area contributed by atoms with Crippen LogP contribution in [0.3, 0.4) is 0 Å². The summed E-state index contributed by atoms with van der Waals surface area (Å²) in [5.74, 6) is 0.602. The third-order valence-corrected chi connectivity index (χ3v) is 3.53. The average Bonchev–Trinajstić information content (AvgIpc) is 2.96. The first-order valence-electron chi connectivity index (χ1n) is 6.45. The summed E-state index contributed by atoms with van der Waals surface area (Å²) in [5, 5.41) is 0.471. The molecular formula is C16H12ClNO4.